The first-order chi connectivity index (χ1) is 21.2. The minimum Gasteiger partial charge on any atom is -0.341 e. The summed E-state index contributed by atoms with van der Waals surface area (Å²) >= 11 is 0. The van der Waals surface area contributed by atoms with Crippen LogP contribution in [0.2, 0.25) is 0 Å². The monoisotopic (exact) mass is 567 g/mol. The highest BCUT2D eigenvalue weighted by molar-refractivity contribution is 5.98. The maximum Gasteiger partial charge on any atom is 0.123 e. The Hall–Kier alpha value is -3.54. The molecule has 5 aliphatic rings. The molecule has 0 radical (unpaired) electrons. The summed E-state index contributed by atoms with van der Waals surface area (Å²) in [6.07, 6.45) is 15.7. The number of hydrogen-bond donors (Lipinski definition) is 3. The number of H-pyrrole nitrogens is 1. The molecule has 3 N–H and O–H groups in total. The van der Waals surface area contributed by atoms with Crippen molar-refractivity contribution >= 4 is 11.4 Å². The Morgan fingerprint density at radius 2 is 1.47 bits per heavy atom. The number of fused-ring (bicyclic) bond motifs is 3. The average Bonchev–Trinajstić information content (AvgIpc) is 3.89. The standard InChI is InChI=1S/C38H41N5/c1-2-17-38(16-1)18-15-30-28(24-7-9-25(10-8-24)35-23-41-37(43-35)33-6-4-20-40-33)12-13-29(36(30)38)26-11-14-31-27(21-26)22-34(42-31)32-5-3-19-39-32/h7-14,21,23,32-33,39-40H,1-6,15-20,22H2,(H,41,43)/t32-,33-/m0/s1. The van der Waals surface area contributed by atoms with Crippen molar-refractivity contribution in [2.24, 2.45) is 4.99 Å². The fraction of sp³-hybridized carbons (Fsp3) is 0.421. The van der Waals surface area contributed by atoms with Gasteiger partial charge in [0.05, 0.1) is 23.6 Å². The lowest BCUT2D eigenvalue weighted by Gasteiger charge is -2.28. The molecule has 9 rings (SSSR count). The maximum atomic E-state index is 5.06. The molecular formula is C38H41N5. The third kappa shape index (κ3) is 4.35. The van der Waals surface area contributed by atoms with Gasteiger partial charge >= 0.3 is 0 Å². The number of aromatic amines is 1. The van der Waals surface area contributed by atoms with Gasteiger partial charge in [0, 0.05) is 18.2 Å². The van der Waals surface area contributed by atoms with Crippen LogP contribution in [-0.4, -0.2) is 34.8 Å². The molecule has 0 unspecified atom stereocenters. The van der Waals surface area contributed by atoms with E-state index in [2.05, 4.69) is 70.2 Å². The zero-order valence-corrected chi connectivity index (χ0v) is 25.0. The lowest BCUT2D eigenvalue weighted by atomic mass is 9.76. The number of rotatable bonds is 5. The molecule has 43 heavy (non-hydrogen) atoms. The number of benzene rings is 3. The number of imidazole rings is 1. The minimum atomic E-state index is 0.343. The summed E-state index contributed by atoms with van der Waals surface area (Å²) in [7, 11) is 0. The van der Waals surface area contributed by atoms with Gasteiger partial charge in [-0.15, -0.1) is 0 Å². The van der Waals surface area contributed by atoms with Crippen molar-refractivity contribution < 1.29 is 0 Å². The number of nitrogens with zero attached hydrogens (tertiary/aromatic N) is 2. The van der Waals surface area contributed by atoms with E-state index in [1.54, 1.807) is 11.1 Å². The average molecular weight is 568 g/mol. The van der Waals surface area contributed by atoms with E-state index in [1.807, 2.05) is 6.20 Å². The fourth-order valence-electron chi connectivity index (χ4n) is 9.04. The molecule has 1 saturated carbocycles. The van der Waals surface area contributed by atoms with Crippen LogP contribution in [0.15, 0.2) is 65.8 Å². The van der Waals surface area contributed by atoms with Crippen LogP contribution in [0, 0.1) is 0 Å². The highest BCUT2D eigenvalue weighted by Crippen LogP contribution is 2.55. The summed E-state index contributed by atoms with van der Waals surface area (Å²) < 4.78 is 0. The summed E-state index contributed by atoms with van der Waals surface area (Å²) in [6, 6.07) is 22.0. The summed E-state index contributed by atoms with van der Waals surface area (Å²) in [5, 5.41) is 7.21. The molecule has 4 heterocycles. The second-order valence-corrected chi connectivity index (χ2v) is 13.7. The molecule has 1 aromatic heterocycles. The topological polar surface area (TPSA) is 65.1 Å². The Kier molecular flexibility index (Phi) is 6.19. The molecule has 2 atom stereocenters. The smallest absolute Gasteiger partial charge is 0.123 e. The number of hydrogen-bond acceptors (Lipinski definition) is 4. The van der Waals surface area contributed by atoms with E-state index < -0.39 is 0 Å². The molecule has 3 fully saturated rings. The second-order valence-electron chi connectivity index (χ2n) is 13.7. The molecule has 2 saturated heterocycles. The first kappa shape index (κ1) is 25.9. The van der Waals surface area contributed by atoms with Crippen molar-refractivity contribution in [3.05, 3.63) is 83.3 Å². The second kappa shape index (κ2) is 10.3. The van der Waals surface area contributed by atoms with E-state index in [0.717, 1.165) is 37.4 Å². The Morgan fingerprint density at radius 1 is 0.721 bits per heavy atom. The van der Waals surface area contributed by atoms with Crippen LogP contribution in [0.25, 0.3) is 33.5 Å². The predicted octanol–water partition coefficient (Wildman–Crippen LogP) is 7.97. The van der Waals surface area contributed by atoms with Crippen molar-refractivity contribution in [3.63, 3.8) is 0 Å². The predicted molar refractivity (Wildman–Crippen MR) is 175 cm³/mol. The zero-order chi connectivity index (χ0) is 28.4. The summed E-state index contributed by atoms with van der Waals surface area (Å²) in [4.78, 5) is 13.3. The van der Waals surface area contributed by atoms with Crippen molar-refractivity contribution in [1.29, 1.82) is 0 Å². The van der Waals surface area contributed by atoms with E-state index in [1.165, 1.54) is 103 Å². The minimum absolute atomic E-state index is 0.343. The van der Waals surface area contributed by atoms with Gasteiger partial charge in [0.15, 0.2) is 0 Å². The van der Waals surface area contributed by atoms with Crippen molar-refractivity contribution in [2.75, 3.05) is 13.1 Å². The number of aromatic nitrogens is 2. The molecule has 1 spiro atoms. The molecule has 0 amide bonds. The fourth-order valence-corrected chi connectivity index (χ4v) is 9.04. The van der Waals surface area contributed by atoms with Crippen LogP contribution >= 0.6 is 0 Å². The van der Waals surface area contributed by atoms with Crippen LogP contribution < -0.4 is 10.6 Å². The third-order valence-corrected chi connectivity index (χ3v) is 11.2. The van der Waals surface area contributed by atoms with Gasteiger partial charge in [-0.05, 0) is 127 Å². The molecule has 2 aliphatic carbocycles. The van der Waals surface area contributed by atoms with Gasteiger partial charge in [-0.1, -0.05) is 55.3 Å². The van der Waals surface area contributed by atoms with Gasteiger partial charge < -0.3 is 15.6 Å². The van der Waals surface area contributed by atoms with E-state index in [4.69, 9.17) is 9.98 Å². The lowest BCUT2D eigenvalue weighted by molar-refractivity contribution is 0.440. The van der Waals surface area contributed by atoms with E-state index in [-0.39, 0.29) is 0 Å². The molecule has 5 nitrogen and oxygen atoms in total. The molecule has 218 valence electrons. The zero-order valence-electron chi connectivity index (χ0n) is 25.0. The summed E-state index contributed by atoms with van der Waals surface area (Å²) in [5.74, 6) is 1.07. The van der Waals surface area contributed by atoms with Gasteiger partial charge in [0.2, 0.25) is 0 Å². The normalized spacial score (nSPS) is 23.7. The lowest BCUT2D eigenvalue weighted by Crippen LogP contribution is -2.30. The third-order valence-electron chi connectivity index (χ3n) is 11.2. The molecule has 3 aromatic carbocycles. The highest BCUT2D eigenvalue weighted by Gasteiger charge is 2.43. The van der Waals surface area contributed by atoms with Crippen LogP contribution in [-0.2, 0) is 18.3 Å². The largest absolute Gasteiger partial charge is 0.341 e. The summed E-state index contributed by atoms with van der Waals surface area (Å²) in [5.41, 5.74) is 15.4. The summed E-state index contributed by atoms with van der Waals surface area (Å²) in [6.45, 7) is 2.20. The van der Waals surface area contributed by atoms with Crippen molar-refractivity contribution in [1.82, 2.24) is 20.6 Å². The van der Waals surface area contributed by atoms with E-state index in [0.29, 0.717) is 17.5 Å². The molecule has 5 heteroatoms. The van der Waals surface area contributed by atoms with Crippen LogP contribution in [0.5, 0.6) is 0 Å². The van der Waals surface area contributed by atoms with Crippen LogP contribution in [0.4, 0.5) is 5.69 Å². The maximum absolute atomic E-state index is 5.06. The van der Waals surface area contributed by atoms with Gasteiger partial charge in [-0.25, -0.2) is 4.98 Å². The van der Waals surface area contributed by atoms with Gasteiger partial charge in [-0.2, -0.15) is 0 Å². The molecule has 3 aliphatic heterocycles. The molecule has 4 aromatic rings. The Labute approximate surface area is 254 Å². The van der Waals surface area contributed by atoms with Crippen molar-refractivity contribution in [2.45, 2.75) is 88.1 Å². The van der Waals surface area contributed by atoms with E-state index in [9.17, 15) is 0 Å². The first-order valence-electron chi connectivity index (χ1n) is 16.7. The van der Waals surface area contributed by atoms with Gasteiger partial charge in [0.25, 0.3) is 0 Å². The molecule has 0 bridgehead atoms. The van der Waals surface area contributed by atoms with Gasteiger partial charge in [-0.3, -0.25) is 4.99 Å². The quantitative estimate of drug-likeness (QED) is 0.229. The first-order valence-corrected chi connectivity index (χ1v) is 16.7. The van der Waals surface area contributed by atoms with Crippen LogP contribution in [0.1, 0.15) is 86.3 Å². The Bertz CT molecular complexity index is 1710. The SMILES string of the molecule is c1cc(-c2ccc(-c3ccc4c(c3)CC([C@@H]3CCCN3)=N4)c3c2CCC32CCCC2)ccc1-c1cnc([C@@H]2CCCN2)[nH]1. The number of nitrogens with one attached hydrogen (secondary N) is 3. The van der Waals surface area contributed by atoms with Gasteiger partial charge in [0.1, 0.15) is 5.82 Å². The highest BCUT2D eigenvalue weighted by atomic mass is 15.0. The Morgan fingerprint density at radius 3 is 2.26 bits per heavy atom. The number of aliphatic imine (C=N–C) groups is 1. The van der Waals surface area contributed by atoms with Crippen LogP contribution in [0.3, 0.4) is 0 Å². The Balaban J connectivity index is 1.06. The van der Waals surface area contributed by atoms with E-state index >= 15 is 0 Å². The molecular weight excluding hydrogens is 526 g/mol. The van der Waals surface area contributed by atoms with Crippen molar-refractivity contribution in [3.8, 4) is 33.5 Å².